The van der Waals surface area contributed by atoms with Crippen molar-refractivity contribution in [3.63, 3.8) is 0 Å². The van der Waals surface area contributed by atoms with E-state index in [-0.39, 0.29) is 5.82 Å². The van der Waals surface area contributed by atoms with Gasteiger partial charge in [-0.05, 0) is 61.9 Å². The van der Waals surface area contributed by atoms with Crippen LogP contribution in [-0.4, -0.2) is 13.6 Å². The highest BCUT2D eigenvalue weighted by atomic mass is 35.5. The summed E-state index contributed by atoms with van der Waals surface area (Å²) in [6.07, 6.45) is 4.75. The summed E-state index contributed by atoms with van der Waals surface area (Å²) in [5.41, 5.74) is 0.850. The lowest BCUT2D eigenvalue weighted by molar-refractivity contribution is 0.225. The predicted molar refractivity (Wildman–Crippen MR) is 79.2 cm³/mol. The molecule has 0 heterocycles. The summed E-state index contributed by atoms with van der Waals surface area (Å²) in [7, 11) is 1.97. The Bertz CT molecular complexity index is 421. The minimum absolute atomic E-state index is 0.143. The summed E-state index contributed by atoms with van der Waals surface area (Å²) in [4.78, 5) is 0. The van der Waals surface area contributed by atoms with E-state index in [1.807, 2.05) is 19.2 Å². The van der Waals surface area contributed by atoms with Crippen LogP contribution in [0.5, 0.6) is 0 Å². The summed E-state index contributed by atoms with van der Waals surface area (Å²) in [5, 5.41) is 3.73. The Balaban J connectivity index is 2.25. The Kier molecular flexibility index (Phi) is 5.23. The minimum atomic E-state index is -0.143. The standard InChI is InChI=1S/C16H23ClFN/c1-3-11-4-5-12(10-19-2)15(8-11)14-7-6-13(17)9-16(14)18/h6-7,9,11-12,15,19H,3-5,8,10H2,1-2H3. The number of halogens is 2. The van der Waals surface area contributed by atoms with Crippen LogP contribution in [0.3, 0.4) is 0 Å². The lowest BCUT2D eigenvalue weighted by atomic mass is 9.70. The van der Waals surface area contributed by atoms with Gasteiger partial charge in [0.15, 0.2) is 0 Å². The van der Waals surface area contributed by atoms with E-state index < -0.39 is 0 Å². The Morgan fingerprint density at radius 2 is 2.16 bits per heavy atom. The largest absolute Gasteiger partial charge is 0.319 e. The van der Waals surface area contributed by atoms with E-state index in [0.717, 1.165) is 24.4 Å². The first-order valence-corrected chi connectivity index (χ1v) is 7.63. The summed E-state index contributed by atoms with van der Waals surface area (Å²) in [6, 6.07) is 5.14. The number of nitrogens with one attached hydrogen (secondary N) is 1. The van der Waals surface area contributed by atoms with Crippen molar-refractivity contribution >= 4 is 11.6 Å². The molecule has 0 bridgehead atoms. The van der Waals surface area contributed by atoms with Crippen LogP contribution in [0, 0.1) is 17.7 Å². The highest BCUT2D eigenvalue weighted by molar-refractivity contribution is 6.30. The van der Waals surface area contributed by atoms with Gasteiger partial charge in [0, 0.05) is 5.02 Å². The van der Waals surface area contributed by atoms with Crippen molar-refractivity contribution in [2.75, 3.05) is 13.6 Å². The molecule has 1 nitrogen and oxygen atoms in total. The summed E-state index contributed by atoms with van der Waals surface area (Å²) in [5.74, 6) is 1.44. The van der Waals surface area contributed by atoms with E-state index in [9.17, 15) is 4.39 Å². The Morgan fingerprint density at radius 3 is 2.79 bits per heavy atom. The molecule has 0 spiro atoms. The number of benzene rings is 1. The van der Waals surface area contributed by atoms with Gasteiger partial charge in [-0.25, -0.2) is 4.39 Å². The molecule has 1 fully saturated rings. The molecule has 106 valence electrons. The van der Waals surface area contributed by atoms with Gasteiger partial charge in [0.1, 0.15) is 5.82 Å². The van der Waals surface area contributed by atoms with Gasteiger partial charge in [-0.15, -0.1) is 0 Å². The molecule has 1 N–H and O–H groups in total. The first kappa shape index (κ1) is 14.8. The minimum Gasteiger partial charge on any atom is -0.319 e. The summed E-state index contributed by atoms with van der Waals surface area (Å²) in [6.45, 7) is 3.20. The maximum absolute atomic E-state index is 14.2. The molecule has 1 aliphatic rings. The van der Waals surface area contributed by atoms with Crippen LogP contribution < -0.4 is 5.32 Å². The normalized spacial score (nSPS) is 27.5. The molecule has 1 aliphatic carbocycles. The topological polar surface area (TPSA) is 12.0 Å². The van der Waals surface area contributed by atoms with Crippen molar-refractivity contribution in [3.8, 4) is 0 Å². The van der Waals surface area contributed by atoms with E-state index in [4.69, 9.17) is 11.6 Å². The number of hydrogen-bond acceptors (Lipinski definition) is 1. The zero-order valence-corrected chi connectivity index (χ0v) is 12.5. The van der Waals surface area contributed by atoms with Crippen LogP contribution in [-0.2, 0) is 0 Å². The molecule has 0 aliphatic heterocycles. The van der Waals surface area contributed by atoms with E-state index in [1.165, 1.54) is 25.3 Å². The van der Waals surface area contributed by atoms with Gasteiger partial charge in [0.05, 0.1) is 0 Å². The highest BCUT2D eigenvalue weighted by Gasteiger charge is 2.31. The second-order valence-corrected chi connectivity index (χ2v) is 6.11. The highest BCUT2D eigenvalue weighted by Crippen LogP contribution is 2.42. The molecule has 0 radical (unpaired) electrons. The third-order valence-corrected chi connectivity index (χ3v) is 4.74. The molecular weight excluding hydrogens is 261 g/mol. The maximum atomic E-state index is 14.2. The van der Waals surface area contributed by atoms with Gasteiger partial charge in [0.2, 0.25) is 0 Å². The Labute approximate surface area is 120 Å². The fourth-order valence-corrected chi connectivity index (χ4v) is 3.54. The van der Waals surface area contributed by atoms with E-state index in [2.05, 4.69) is 12.2 Å². The zero-order chi connectivity index (χ0) is 13.8. The first-order valence-electron chi connectivity index (χ1n) is 7.25. The van der Waals surface area contributed by atoms with Gasteiger partial charge in [0.25, 0.3) is 0 Å². The van der Waals surface area contributed by atoms with Crippen molar-refractivity contribution in [1.82, 2.24) is 5.32 Å². The van der Waals surface area contributed by atoms with Crippen molar-refractivity contribution in [1.29, 1.82) is 0 Å². The van der Waals surface area contributed by atoms with Gasteiger partial charge in [-0.1, -0.05) is 37.4 Å². The number of rotatable bonds is 4. The van der Waals surface area contributed by atoms with E-state index >= 15 is 0 Å². The lowest BCUT2D eigenvalue weighted by Gasteiger charge is -2.36. The van der Waals surface area contributed by atoms with E-state index in [1.54, 1.807) is 0 Å². The molecule has 19 heavy (non-hydrogen) atoms. The van der Waals surface area contributed by atoms with Crippen LogP contribution >= 0.6 is 11.6 Å². The molecule has 0 saturated heterocycles. The van der Waals surface area contributed by atoms with Crippen molar-refractivity contribution in [2.45, 2.75) is 38.5 Å². The molecule has 2 rings (SSSR count). The van der Waals surface area contributed by atoms with Crippen LogP contribution in [0.15, 0.2) is 18.2 Å². The SMILES string of the molecule is CCC1CCC(CNC)C(c2ccc(Cl)cc2F)C1. The van der Waals surface area contributed by atoms with Gasteiger partial charge in [-0.3, -0.25) is 0 Å². The van der Waals surface area contributed by atoms with Gasteiger partial charge >= 0.3 is 0 Å². The molecule has 1 aromatic rings. The fraction of sp³-hybridized carbons (Fsp3) is 0.625. The first-order chi connectivity index (χ1) is 9.15. The van der Waals surface area contributed by atoms with Crippen LogP contribution in [0.1, 0.15) is 44.1 Å². The predicted octanol–water partition coefficient (Wildman–Crippen LogP) is 4.61. The van der Waals surface area contributed by atoms with Gasteiger partial charge < -0.3 is 5.32 Å². The molecule has 0 aromatic heterocycles. The Hall–Kier alpha value is -0.600. The van der Waals surface area contributed by atoms with Crippen LogP contribution in [0.25, 0.3) is 0 Å². The second-order valence-electron chi connectivity index (χ2n) is 5.68. The third-order valence-electron chi connectivity index (χ3n) is 4.51. The second kappa shape index (κ2) is 6.71. The van der Waals surface area contributed by atoms with Crippen molar-refractivity contribution in [2.24, 2.45) is 11.8 Å². The average Bonchev–Trinajstić information content (AvgIpc) is 2.40. The zero-order valence-electron chi connectivity index (χ0n) is 11.8. The van der Waals surface area contributed by atoms with Crippen molar-refractivity contribution < 1.29 is 4.39 Å². The lowest BCUT2D eigenvalue weighted by Crippen LogP contribution is -2.31. The fourth-order valence-electron chi connectivity index (χ4n) is 3.38. The molecule has 0 amide bonds. The quantitative estimate of drug-likeness (QED) is 0.851. The third kappa shape index (κ3) is 3.49. The molecule has 3 unspecified atom stereocenters. The van der Waals surface area contributed by atoms with E-state index in [0.29, 0.717) is 16.9 Å². The average molecular weight is 284 g/mol. The van der Waals surface area contributed by atoms with Gasteiger partial charge in [-0.2, -0.15) is 0 Å². The molecule has 3 atom stereocenters. The maximum Gasteiger partial charge on any atom is 0.128 e. The molecule has 3 heteroatoms. The van der Waals surface area contributed by atoms with Crippen LogP contribution in [0.4, 0.5) is 4.39 Å². The summed E-state index contributed by atoms with van der Waals surface area (Å²) >= 11 is 5.86. The summed E-state index contributed by atoms with van der Waals surface area (Å²) < 4.78 is 14.2. The van der Waals surface area contributed by atoms with Crippen LogP contribution in [0.2, 0.25) is 5.02 Å². The monoisotopic (exact) mass is 283 g/mol. The smallest absolute Gasteiger partial charge is 0.128 e. The molecular formula is C16H23ClFN. The molecule has 1 saturated carbocycles. The van der Waals surface area contributed by atoms with Crippen molar-refractivity contribution in [3.05, 3.63) is 34.6 Å². The number of hydrogen-bond donors (Lipinski definition) is 1. The molecule has 1 aromatic carbocycles. The Morgan fingerprint density at radius 1 is 1.37 bits per heavy atom.